The average molecular weight is 511 g/mol. The van der Waals surface area contributed by atoms with Gasteiger partial charge in [-0.15, -0.1) is 0 Å². The summed E-state index contributed by atoms with van der Waals surface area (Å²) < 4.78 is 15.5. The van der Waals surface area contributed by atoms with Crippen molar-refractivity contribution in [2.45, 2.75) is 25.7 Å². The van der Waals surface area contributed by atoms with Crippen LogP contribution in [0.5, 0.6) is 0 Å². The average Bonchev–Trinajstić information content (AvgIpc) is 3.32. The number of piperazine rings is 1. The number of hydrogen-bond donors (Lipinski definition) is 3. The Bertz CT molecular complexity index is 1240. The van der Waals surface area contributed by atoms with Gasteiger partial charge in [0.2, 0.25) is 6.35 Å². The minimum absolute atomic E-state index is 0.0687. The van der Waals surface area contributed by atoms with E-state index in [1.165, 1.54) is 29.2 Å². The molecule has 1 aromatic carbocycles. The van der Waals surface area contributed by atoms with Crippen molar-refractivity contribution < 1.29 is 19.4 Å². The summed E-state index contributed by atoms with van der Waals surface area (Å²) in [5, 5.41) is 23.7. The van der Waals surface area contributed by atoms with Crippen LogP contribution in [0.25, 0.3) is 0 Å². The zero-order valence-electron chi connectivity index (χ0n) is 20.8. The summed E-state index contributed by atoms with van der Waals surface area (Å²) in [6.07, 6.45) is 1.12. The minimum atomic E-state index is -1.09. The van der Waals surface area contributed by atoms with Crippen molar-refractivity contribution >= 4 is 23.2 Å². The maximum absolute atomic E-state index is 14.0. The fourth-order valence-electron chi connectivity index (χ4n) is 4.72. The number of imidazole rings is 1. The first-order valence-electron chi connectivity index (χ1n) is 12.2. The van der Waals surface area contributed by atoms with Crippen LogP contribution in [-0.2, 0) is 13.1 Å². The molecule has 1 amide bonds. The van der Waals surface area contributed by atoms with Gasteiger partial charge in [0.15, 0.2) is 11.5 Å². The van der Waals surface area contributed by atoms with Gasteiger partial charge in [-0.1, -0.05) is 18.2 Å². The highest BCUT2D eigenvalue weighted by molar-refractivity contribution is 5.99. The normalized spacial score (nSPS) is 19.2. The number of hydrogen-bond acceptors (Lipinski definition) is 9. The van der Waals surface area contributed by atoms with Crippen molar-refractivity contribution in [2.24, 2.45) is 0 Å². The van der Waals surface area contributed by atoms with Crippen LogP contribution >= 0.6 is 0 Å². The number of nitrogens with one attached hydrogen (secondary N) is 1. The molecule has 3 N–H and O–H groups in total. The number of pyridine rings is 1. The summed E-state index contributed by atoms with van der Waals surface area (Å²) >= 11 is 0. The minimum Gasteiger partial charge on any atom is -0.372 e. The molecule has 2 aromatic heterocycles. The van der Waals surface area contributed by atoms with Crippen molar-refractivity contribution in [2.75, 3.05) is 55.4 Å². The fraction of sp³-hybridized carbons (Fsp3) is 0.400. The van der Waals surface area contributed by atoms with E-state index in [9.17, 15) is 19.4 Å². The fourth-order valence-corrected chi connectivity index (χ4v) is 4.72. The van der Waals surface area contributed by atoms with Gasteiger partial charge in [0.1, 0.15) is 17.9 Å². The van der Waals surface area contributed by atoms with E-state index in [1.807, 2.05) is 18.2 Å². The molecule has 0 radical (unpaired) electrons. The topological polar surface area (TPSA) is 113 Å². The lowest BCUT2D eigenvalue weighted by Crippen LogP contribution is -2.52. The van der Waals surface area contributed by atoms with Gasteiger partial charge in [-0.25, -0.2) is 14.4 Å². The van der Waals surface area contributed by atoms with E-state index in [0.717, 1.165) is 31.9 Å². The predicted molar refractivity (Wildman–Crippen MR) is 136 cm³/mol. The number of halogens is 1. The van der Waals surface area contributed by atoms with Crippen LogP contribution in [0, 0.1) is 5.82 Å². The molecule has 0 saturated carbocycles. The van der Waals surface area contributed by atoms with Crippen LogP contribution in [0.15, 0.2) is 48.9 Å². The highest BCUT2D eigenvalue weighted by Crippen LogP contribution is 2.27. The molecule has 1 saturated heterocycles. The molecule has 11 nitrogen and oxygen atoms in total. The molecule has 12 heteroatoms. The zero-order chi connectivity index (χ0) is 26.1. The number of carbonyl (C=O) groups is 1. The van der Waals surface area contributed by atoms with Crippen LogP contribution in [0.2, 0.25) is 0 Å². The summed E-state index contributed by atoms with van der Waals surface area (Å²) in [6, 6.07) is 10.6. The lowest BCUT2D eigenvalue weighted by Gasteiger charge is -2.36. The third-order valence-corrected chi connectivity index (χ3v) is 6.89. The third-order valence-electron chi connectivity index (χ3n) is 6.89. The van der Waals surface area contributed by atoms with E-state index in [1.54, 1.807) is 29.9 Å². The molecule has 4 heterocycles. The van der Waals surface area contributed by atoms with Crippen molar-refractivity contribution in [3.63, 3.8) is 0 Å². The number of aromatic nitrogens is 3. The third kappa shape index (κ3) is 5.08. The molecule has 2 aliphatic rings. The molecule has 2 aliphatic heterocycles. The number of rotatable bonds is 7. The van der Waals surface area contributed by atoms with E-state index >= 15 is 0 Å². The van der Waals surface area contributed by atoms with Crippen LogP contribution < -0.4 is 15.1 Å². The van der Waals surface area contributed by atoms with E-state index in [-0.39, 0.29) is 18.3 Å². The quantitative estimate of drug-likeness (QED) is 0.400. The number of benzene rings is 1. The largest absolute Gasteiger partial charge is 0.372 e. The van der Waals surface area contributed by atoms with Gasteiger partial charge < -0.3 is 29.9 Å². The molecule has 0 bridgehead atoms. The molecular weight excluding hydrogens is 479 g/mol. The Morgan fingerprint density at radius 2 is 1.84 bits per heavy atom. The lowest BCUT2D eigenvalue weighted by atomic mass is 10.2. The monoisotopic (exact) mass is 510 g/mol. The Balaban J connectivity index is 1.15. The number of amides is 1. The summed E-state index contributed by atoms with van der Waals surface area (Å²) in [5.74, 6) is 0.317. The Morgan fingerprint density at radius 1 is 1.08 bits per heavy atom. The Labute approximate surface area is 214 Å². The molecule has 1 fully saturated rings. The molecular formula is C25H31FN8O3. The first kappa shape index (κ1) is 24.9. The van der Waals surface area contributed by atoms with E-state index in [4.69, 9.17) is 0 Å². The molecule has 196 valence electrons. The smallest absolute Gasteiger partial charge is 0.277 e. The van der Waals surface area contributed by atoms with Crippen molar-refractivity contribution in [3.05, 3.63) is 66.0 Å². The van der Waals surface area contributed by atoms with Crippen molar-refractivity contribution in [3.8, 4) is 0 Å². The Hall–Kier alpha value is -3.74. The van der Waals surface area contributed by atoms with Gasteiger partial charge in [0.05, 0.1) is 24.8 Å². The van der Waals surface area contributed by atoms with E-state index in [0.29, 0.717) is 29.4 Å². The molecule has 3 aromatic rings. The summed E-state index contributed by atoms with van der Waals surface area (Å²) in [6.45, 7) is 3.92. The Kier molecular flexibility index (Phi) is 6.96. The van der Waals surface area contributed by atoms with Crippen molar-refractivity contribution in [1.82, 2.24) is 24.3 Å². The SMILES string of the molecule is CN1C(=O)c2c(ncn2CC(O)Nc2ccc(N3CCN(Cc4ccccc4F)CC3)cn2)N(C)C1O. The van der Waals surface area contributed by atoms with Crippen LogP contribution in [0.1, 0.15) is 16.1 Å². The Morgan fingerprint density at radius 3 is 2.54 bits per heavy atom. The second-order valence-electron chi connectivity index (χ2n) is 9.36. The molecule has 5 rings (SSSR count). The van der Waals surface area contributed by atoms with Gasteiger partial charge in [-0.3, -0.25) is 14.6 Å². The second kappa shape index (κ2) is 10.3. The van der Waals surface area contributed by atoms with Crippen LogP contribution in [0.3, 0.4) is 0 Å². The van der Waals surface area contributed by atoms with Gasteiger partial charge >= 0.3 is 0 Å². The maximum Gasteiger partial charge on any atom is 0.277 e. The number of aliphatic hydroxyl groups is 2. The second-order valence-corrected chi connectivity index (χ2v) is 9.36. The molecule has 0 aliphatic carbocycles. The number of anilines is 3. The van der Waals surface area contributed by atoms with Gasteiger partial charge in [0.25, 0.3) is 5.91 Å². The van der Waals surface area contributed by atoms with E-state index < -0.39 is 12.6 Å². The summed E-state index contributed by atoms with van der Waals surface area (Å²) in [5.41, 5.74) is 1.99. The first-order chi connectivity index (χ1) is 17.8. The number of nitrogens with zero attached hydrogens (tertiary/aromatic N) is 7. The van der Waals surface area contributed by atoms with E-state index in [2.05, 4.69) is 25.1 Å². The van der Waals surface area contributed by atoms with Gasteiger partial charge in [-0.05, 0) is 18.2 Å². The summed E-state index contributed by atoms with van der Waals surface area (Å²) in [4.78, 5) is 28.5. The lowest BCUT2D eigenvalue weighted by molar-refractivity contribution is 0.0150. The van der Waals surface area contributed by atoms with Crippen LogP contribution in [-0.4, -0.2) is 93.3 Å². The maximum atomic E-state index is 14.0. The molecule has 2 unspecified atom stereocenters. The van der Waals surface area contributed by atoms with Crippen LogP contribution in [0.4, 0.5) is 21.7 Å². The summed E-state index contributed by atoms with van der Waals surface area (Å²) in [7, 11) is 3.15. The molecule has 37 heavy (non-hydrogen) atoms. The number of fused-ring (bicyclic) bond motifs is 1. The zero-order valence-corrected chi connectivity index (χ0v) is 20.8. The standard InChI is InChI=1S/C25H31FN8O3/c1-30-23-22(24(36)31(2)25(30)37)34(16-28-23)15-21(35)29-20-8-7-18(13-27-20)33-11-9-32(10-12-33)14-17-5-3-4-6-19(17)26/h3-8,13,16,21,25,35,37H,9-12,14-15H2,1-2H3,(H,27,29). The highest BCUT2D eigenvalue weighted by atomic mass is 19.1. The molecule has 0 spiro atoms. The predicted octanol–water partition coefficient (Wildman–Crippen LogP) is 0.968. The first-order valence-corrected chi connectivity index (χ1v) is 12.2. The number of aliphatic hydroxyl groups excluding tert-OH is 2. The number of carbonyl (C=O) groups excluding carboxylic acids is 1. The van der Waals surface area contributed by atoms with Gasteiger partial charge in [0, 0.05) is 52.4 Å². The molecule has 2 atom stereocenters. The highest BCUT2D eigenvalue weighted by Gasteiger charge is 2.36. The van der Waals surface area contributed by atoms with Gasteiger partial charge in [-0.2, -0.15) is 0 Å². The van der Waals surface area contributed by atoms with Crippen molar-refractivity contribution in [1.29, 1.82) is 0 Å².